The predicted octanol–water partition coefficient (Wildman–Crippen LogP) is -0.722. The number of hydrogen-bond acceptors (Lipinski definition) is 4. The number of rotatable bonds is 0. The van der Waals surface area contributed by atoms with Gasteiger partial charge in [-0.1, -0.05) is 0 Å². The molecule has 0 saturated carbocycles. The van der Waals surface area contributed by atoms with Crippen LogP contribution >= 0.6 is 0 Å². The van der Waals surface area contributed by atoms with E-state index in [1.54, 1.807) is 36.7 Å². The Hall–Kier alpha value is -1.53. The fourth-order valence-electron chi connectivity index (χ4n) is 1.63. The van der Waals surface area contributed by atoms with Crippen LogP contribution in [0.4, 0.5) is 0 Å². The number of nitrogens with zero attached hydrogens (tertiary/aromatic N) is 2. The zero-order valence-corrected chi connectivity index (χ0v) is 9.90. The molecule has 0 unspecified atom stereocenters. The summed E-state index contributed by atoms with van der Waals surface area (Å²) >= 11 is 0. The van der Waals surface area contributed by atoms with Crippen molar-refractivity contribution in [3.8, 4) is 0 Å². The number of aromatic nitrogens is 2. The van der Waals surface area contributed by atoms with E-state index in [1.807, 2.05) is 0 Å². The Morgan fingerprint density at radius 1 is 0.938 bits per heavy atom. The average Bonchev–Trinajstić information content (AvgIpc) is 2.29. The SMILES string of the molecule is O=S1(=O)c2cccnc2[Si]c2ncccc21. The van der Waals surface area contributed by atoms with Crippen molar-refractivity contribution in [3.63, 3.8) is 0 Å². The molecule has 1 aliphatic rings. The second-order valence-electron chi connectivity index (χ2n) is 3.33. The second-order valence-corrected chi connectivity index (χ2v) is 6.41. The lowest BCUT2D eigenvalue weighted by Gasteiger charge is -2.16. The third kappa shape index (κ3) is 1.23. The standard InChI is InChI=1S/C10H6N2O2SSi/c13-15(14)7-3-1-5-11-9(7)16-10-8(15)4-2-6-12-10/h1-6H. The van der Waals surface area contributed by atoms with Crippen LogP contribution in [0.2, 0.25) is 0 Å². The van der Waals surface area contributed by atoms with Crippen molar-refractivity contribution in [2.45, 2.75) is 9.79 Å². The van der Waals surface area contributed by atoms with Gasteiger partial charge >= 0.3 is 0 Å². The van der Waals surface area contributed by atoms with Crippen molar-refractivity contribution in [2.75, 3.05) is 0 Å². The van der Waals surface area contributed by atoms with E-state index in [2.05, 4.69) is 9.97 Å². The summed E-state index contributed by atoms with van der Waals surface area (Å²) in [4.78, 5) is 8.84. The van der Waals surface area contributed by atoms with Crippen molar-refractivity contribution < 1.29 is 8.42 Å². The van der Waals surface area contributed by atoms with E-state index in [4.69, 9.17) is 0 Å². The minimum absolute atomic E-state index is 0.209. The van der Waals surface area contributed by atoms with E-state index >= 15 is 0 Å². The maximum atomic E-state index is 12.2. The summed E-state index contributed by atoms with van der Waals surface area (Å²) in [7, 11) is -3.21. The van der Waals surface area contributed by atoms with E-state index < -0.39 is 9.84 Å². The quantitative estimate of drug-likeness (QED) is 0.491. The highest BCUT2D eigenvalue weighted by atomic mass is 32.2. The van der Waals surface area contributed by atoms with Gasteiger partial charge in [-0.25, -0.2) is 8.42 Å². The monoisotopic (exact) mass is 246 g/mol. The van der Waals surface area contributed by atoms with E-state index in [-0.39, 0.29) is 9.52 Å². The molecule has 2 radical (unpaired) electrons. The first kappa shape index (κ1) is 9.68. The van der Waals surface area contributed by atoms with Gasteiger partial charge in [-0.15, -0.1) is 0 Å². The molecule has 0 aliphatic carbocycles. The van der Waals surface area contributed by atoms with Crippen molar-refractivity contribution in [1.29, 1.82) is 0 Å². The summed E-state index contributed by atoms with van der Waals surface area (Å²) in [5.74, 6) is 0. The predicted molar refractivity (Wildman–Crippen MR) is 58.9 cm³/mol. The van der Waals surface area contributed by atoms with Gasteiger partial charge in [0, 0.05) is 23.0 Å². The van der Waals surface area contributed by atoms with Crippen molar-refractivity contribution in [2.24, 2.45) is 0 Å². The van der Waals surface area contributed by atoms with Gasteiger partial charge in [-0.3, -0.25) is 9.97 Å². The largest absolute Gasteiger partial charge is 0.265 e. The Morgan fingerprint density at radius 2 is 1.44 bits per heavy atom. The van der Waals surface area contributed by atoms with Crippen LogP contribution in [0.25, 0.3) is 0 Å². The minimum atomic E-state index is -3.42. The number of sulfone groups is 1. The van der Waals surface area contributed by atoms with Gasteiger partial charge in [-0.05, 0) is 24.3 Å². The van der Waals surface area contributed by atoms with Crippen LogP contribution in [0, 0.1) is 0 Å². The van der Waals surface area contributed by atoms with Crippen LogP contribution < -0.4 is 10.6 Å². The summed E-state index contributed by atoms with van der Waals surface area (Å²) in [6.07, 6.45) is 3.21. The van der Waals surface area contributed by atoms with E-state index in [9.17, 15) is 8.42 Å². The molecule has 0 saturated heterocycles. The molecule has 78 valence electrons. The first-order valence-corrected chi connectivity index (χ1v) is 7.10. The maximum Gasteiger partial charge on any atom is 0.209 e. The maximum absolute atomic E-state index is 12.2. The summed E-state index contributed by atoms with van der Waals surface area (Å²) in [6.45, 7) is 0. The van der Waals surface area contributed by atoms with E-state index in [0.717, 1.165) is 0 Å². The number of hydrogen-bond donors (Lipinski definition) is 0. The van der Waals surface area contributed by atoms with Gasteiger partial charge < -0.3 is 0 Å². The first-order valence-electron chi connectivity index (χ1n) is 4.62. The van der Waals surface area contributed by atoms with Crippen LogP contribution in [0.3, 0.4) is 0 Å². The van der Waals surface area contributed by atoms with Crippen molar-refractivity contribution in [3.05, 3.63) is 36.7 Å². The molecule has 0 aromatic carbocycles. The third-order valence-electron chi connectivity index (χ3n) is 2.36. The average molecular weight is 246 g/mol. The van der Waals surface area contributed by atoms with Gasteiger partial charge in [0.25, 0.3) is 0 Å². The molecule has 0 bridgehead atoms. The highest BCUT2D eigenvalue weighted by Crippen LogP contribution is 2.18. The smallest absolute Gasteiger partial charge is 0.209 e. The molecule has 0 fully saturated rings. The van der Waals surface area contributed by atoms with E-state index in [0.29, 0.717) is 20.4 Å². The zero-order valence-electron chi connectivity index (χ0n) is 8.08. The summed E-state index contributed by atoms with van der Waals surface area (Å²) in [5, 5.41) is 1.21. The molecule has 2 aromatic heterocycles. The molecule has 0 N–H and O–H groups in total. The molecule has 3 rings (SSSR count). The molecular formula is C10H6N2O2SSi. The van der Waals surface area contributed by atoms with Crippen molar-refractivity contribution in [1.82, 2.24) is 9.97 Å². The fourth-order valence-corrected chi connectivity index (χ4v) is 5.03. The molecule has 4 nitrogen and oxygen atoms in total. The summed E-state index contributed by atoms with van der Waals surface area (Å²) in [5.41, 5.74) is 0. The van der Waals surface area contributed by atoms with Gasteiger partial charge in [0.15, 0.2) is 9.52 Å². The lowest BCUT2D eigenvalue weighted by Crippen LogP contribution is -2.42. The van der Waals surface area contributed by atoms with Gasteiger partial charge in [0.05, 0.1) is 9.79 Å². The molecular weight excluding hydrogens is 240 g/mol. The summed E-state index contributed by atoms with van der Waals surface area (Å²) < 4.78 is 24.4. The van der Waals surface area contributed by atoms with Crippen LogP contribution in [0.1, 0.15) is 0 Å². The zero-order chi connectivity index (χ0) is 11.2. The molecule has 3 heterocycles. The van der Waals surface area contributed by atoms with Crippen LogP contribution in [0.5, 0.6) is 0 Å². The van der Waals surface area contributed by atoms with Gasteiger partial charge in [0.2, 0.25) is 9.84 Å². The lowest BCUT2D eigenvalue weighted by atomic mass is 10.5. The molecule has 0 atom stereocenters. The molecule has 1 aliphatic heterocycles. The minimum Gasteiger partial charge on any atom is -0.265 e. The van der Waals surface area contributed by atoms with Crippen LogP contribution in [-0.4, -0.2) is 27.9 Å². The lowest BCUT2D eigenvalue weighted by molar-refractivity contribution is 0.596. The molecule has 6 heteroatoms. The van der Waals surface area contributed by atoms with Gasteiger partial charge in [0.1, 0.15) is 0 Å². The first-order chi connectivity index (χ1) is 7.69. The summed E-state index contributed by atoms with van der Waals surface area (Å²) in [6, 6.07) is 6.48. The second kappa shape index (κ2) is 3.23. The Morgan fingerprint density at radius 3 is 1.94 bits per heavy atom. The normalized spacial score (nSPS) is 16.2. The Bertz CT molecular complexity index is 619. The van der Waals surface area contributed by atoms with Gasteiger partial charge in [-0.2, -0.15) is 0 Å². The fraction of sp³-hybridized carbons (Fsp3) is 0. The number of pyridine rings is 2. The highest BCUT2D eigenvalue weighted by molar-refractivity contribution is 7.92. The Labute approximate surface area is 95.1 Å². The third-order valence-corrected chi connectivity index (χ3v) is 5.81. The molecule has 16 heavy (non-hydrogen) atoms. The number of fused-ring (bicyclic) bond motifs is 2. The topological polar surface area (TPSA) is 59.9 Å². The Balaban J connectivity index is 2.37. The molecule has 2 aromatic rings. The molecule has 0 amide bonds. The van der Waals surface area contributed by atoms with Crippen molar-refractivity contribution >= 4 is 30.0 Å². The Kier molecular flexibility index (Phi) is 1.95. The van der Waals surface area contributed by atoms with E-state index in [1.165, 1.54) is 0 Å². The molecule has 0 spiro atoms. The highest BCUT2D eigenvalue weighted by Gasteiger charge is 2.30. The van der Waals surface area contributed by atoms with Crippen LogP contribution in [0.15, 0.2) is 46.5 Å². The van der Waals surface area contributed by atoms with Crippen LogP contribution in [-0.2, 0) is 9.84 Å².